The summed E-state index contributed by atoms with van der Waals surface area (Å²) in [6, 6.07) is 11.2. The first-order valence-corrected chi connectivity index (χ1v) is 7.36. The van der Waals surface area contributed by atoms with E-state index in [2.05, 4.69) is 19.2 Å². The molecule has 0 amide bonds. The number of benzene rings is 2. The molecule has 0 heterocycles. The van der Waals surface area contributed by atoms with E-state index >= 15 is 0 Å². The van der Waals surface area contributed by atoms with E-state index < -0.39 is 11.6 Å². The minimum atomic E-state index is -0.776. The molecule has 1 atom stereocenters. The minimum Gasteiger partial charge on any atom is -0.310 e. The lowest BCUT2D eigenvalue weighted by Crippen LogP contribution is -2.19. The van der Waals surface area contributed by atoms with E-state index in [9.17, 15) is 8.78 Å². The molecule has 0 spiro atoms. The summed E-state index contributed by atoms with van der Waals surface area (Å²) < 4.78 is 27.7. The van der Waals surface area contributed by atoms with Crippen LogP contribution < -0.4 is 5.32 Å². The molecule has 2 aromatic rings. The topological polar surface area (TPSA) is 12.0 Å². The van der Waals surface area contributed by atoms with Gasteiger partial charge in [0.25, 0.3) is 0 Å². The highest BCUT2D eigenvalue weighted by atomic mass is 19.2. The maximum atomic E-state index is 14.0. The van der Waals surface area contributed by atoms with E-state index in [1.165, 1.54) is 0 Å². The predicted molar refractivity (Wildman–Crippen MR) is 83.2 cm³/mol. The Morgan fingerprint density at radius 2 is 1.62 bits per heavy atom. The molecule has 0 aromatic heterocycles. The van der Waals surface area contributed by atoms with Crippen molar-refractivity contribution in [3.05, 3.63) is 59.2 Å². The van der Waals surface area contributed by atoms with Gasteiger partial charge in [0, 0.05) is 11.6 Å². The standard InChI is InChI=1S/C18H21F2N/c1-4-16(21-5-2)14-9-7-13(8-10-14)15-11-6-12(3)17(19)18(15)20/h6-11,16,21H,4-5H2,1-3H3. The van der Waals surface area contributed by atoms with Gasteiger partial charge in [-0.15, -0.1) is 0 Å². The molecule has 1 nitrogen and oxygen atoms in total. The first-order valence-electron chi connectivity index (χ1n) is 7.36. The van der Waals surface area contributed by atoms with Crippen LogP contribution in [0.25, 0.3) is 11.1 Å². The number of rotatable bonds is 5. The van der Waals surface area contributed by atoms with Crippen molar-refractivity contribution in [2.24, 2.45) is 0 Å². The van der Waals surface area contributed by atoms with Gasteiger partial charge in [-0.2, -0.15) is 0 Å². The molecular weight excluding hydrogens is 268 g/mol. The van der Waals surface area contributed by atoms with Crippen molar-refractivity contribution in [1.82, 2.24) is 5.32 Å². The van der Waals surface area contributed by atoms with Crippen molar-refractivity contribution in [2.75, 3.05) is 6.54 Å². The van der Waals surface area contributed by atoms with Crippen molar-refractivity contribution in [1.29, 1.82) is 0 Å². The Labute approximate surface area is 125 Å². The SMILES string of the molecule is CCNC(CC)c1ccc(-c2ccc(C)c(F)c2F)cc1. The van der Waals surface area contributed by atoms with E-state index in [0.717, 1.165) is 18.5 Å². The lowest BCUT2D eigenvalue weighted by Gasteiger charge is -2.16. The number of nitrogens with one attached hydrogen (secondary N) is 1. The van der Waals surface area contributed by atoms with Gasteiger partial charge in [-0.25, -0.2) is 8.78 Å². The molecule has 1 unspecified atom stereocenters. The summed E-state index contributed by atoms with van der Waals surface area (Å²) in [4.78, 5) is 0. The second-order valence-corrected chi connectivity index (χ2v) is 5.20. The number of hydrogen-bond acceptors (Lipinski definition) is 1. The lowest BCUT2D eigenvalue weighted by atomic mass is 9.98. The van der Waals surface area contributed by atoms with Crippen LogP contribution in [0.4, 0.5) is 8.78 Å². The van der Waals surface area contributed by atoms with Crippen LogP contribution in [0.1, 0.15) is 37.4 Å². The van der Waals surface area contributed by atoms with Crippen molar-refractivity contribution >= 4 is 0 Å². The lowest BCUT2D eigenvalue weighted by molar-refractivity contribution is 0.505. The zero-order valence-corrected chi connectivity index (χ0v) is 12.7. The van der Waals surface area contributed by atoms with Crippen LogP contribution in [-0.4, -0.2) is 6.54 Å². The monoisotopic (exact) mass is 289 g/mol. The van der Waals surface area contributed by atoms with Crippen LogP contribution in [0.15, 0.2) is 36.4 Å². The highest BCUT2D eigenvalue weighted by Crippen LogP contribution is 2.27. The predicted octanol–water partition coefficient (Wildman–Crippen LogP) is 5.00. The summed E-state index contributed by atoms with van der Waals surface area (Å²) in [5.41, 5.74) is 2.49. The summed E-state index contributed by atoms with van der Waals surface area (Å²) in [6.07, 6.45) is 0.987. The van der Waals surface area contributed by atoms with Crippen molar-refractivity contribution in [3.8, 4) is 11.1 Å². The van der Waals surface area contributed by atoms with Gasteiger partial charge in [0.15, 0.2) is 11.6 Å². The molecule has 0 saturated carbocycles. The van der Waals surface area contributed by atoms with Crippen LogP contribution in [0, 0.1) is 18.6 Å². The van der Waals surface area contributed by atoms with Gasteiger partial charge >= 0.3 is 0 Å². The first-order chi connectivity index (χ1) is 10.1. The summed E-state index contributed by atoms with van der Waals surface area (Å²) in [6.45, 7) is 6.66. The number of hydrogen-bond donors (Lipinski definition) is 1. The molecule has 0 aliphatic rings. The Bertz CT molecular complexity index is 605. The molecule has 0 aliphatic carbocycles. The Kier molecular flexibility index (Phi) is 5.07. The second-order valence-electron chi connectivity index (χ2n) is 5.20. The highest BCUT2D eigenvalue weighted by Gasteiger charge is 2.13. The molecule has 0 saturated heterocycles. The molecule has 0 bridgehead atoms. The Hall–Kier alpha value is -1.74. The molecule has 2 aromatic carbocycles. The summed E-state index contributed by atoms with van der Waals surface area (Å²) >= 11 is 0. The van der Waals surface area contributed by atoms with Crippen LogP contribution in [-0.2, 0) is 0 Å². The van der Waals surface area contributed by atoms with Crippen molar-refractivity contribution in [3.63, 3.8) is 0 Å². The molecule has 0 fully saturated rings. The second kappa shape index (κ2) is 6.81. The van der Waals surface area contributed by atoms with E-state index in [4.69, 9.17) is 0 Å². The zero-order chi connectivity index (χ0) is 15.4. The molecule has 112 valence electrons. The van der Waals surface area contributed by atoms with Crippen LogP contribution in [0.5, 0.6) is 0 Å². The van der Waals surface area contributed by atoms with E-state index in [1.807, 2.05) is 24.3 Å². The summed E-state index contributed by atoms with van der Waals surface area (Å²) in [5, 5.41) is 3.40. The molecular formula is C18H21F2N. The average molecular weight is 289 g/mol. The zero-order valence-electron chi connectivity index (χ0n) is 12.7. The van der Waals surface area contributed by atoms with E-state index in [0.29, 0.717) is 22.7 Å². The fourth-order valence-corrected chi connectivity index (χ4v) is 2.51. The van der Waals surface area contributed by atoms with Gasteiger partial charge in [-0.3, -0.25) is 0 Å². The average Bonchev–Trinajstić information content (AvgIpc) is 2.51. The summed E-state index contributed by atoms with van der Waals surface area (Å²) in [7, 11) is 0. The molecule has 0 aliphatic heterocycles. The van der Waals surface area contributed by atoms with Crippen molar-refractivity contribution in [2.45, 2.75) is 33.2 Å². The Morgan fingerprint density at radius 3 is 2.19 bits per heavy atom. The molecule has 0 radical (unpaired) electrons. The van der Waals surface area contributed by atoms with Crippen LogP contribution in [0.2, 0.25) is 0 Å². The molecule has 2 rings (SSSR count). The van der Waals surface area contributed by atoms with Gasteiger partial charge in [0.2, 0.25) is 0 Å². The normalized spacial score (nSPS) is 12.4. The van der Waals surface area contributed by atoms with E-state index in [-0.39, 0.29) is 0 Å². The maximum absolute atomic E-state index is 14.0. The fraction of sp³-hybridized carbons (Fsp3) is 0.333. The molecule has 1 N–H and O–H groups in total. The Morgan fingerprint density at radius 1 is 0.952 bits per heavy atom. The quantitative estimate of drug-likeness (QED) is 0.816. The third kappa shape index (κ3) is 3.30. The molecule has 3 heteroatoms. The fourth-order valence-electron chi connectivity index (χ4n) is 2.51. The maximum Gasteiger partial charge on any atom is 0.166 e. The van der Waals surface area contributed by atoms with Gasteiger partial charge in [-0.05, 0) is 36.6 Å². The van der Waals surface area contributed by atoms with Gasteiger partial charge in [-0.1, -0.05) is 50.2 Å². The van der Waals surface area contributed by atoms with E-state index in [1.54, 1.807) is 19.1 Å². The van der Waals surface area contributed by atoms with Gasteiger partial charge < -0.3 is 5.32 Å². The summed E-state index contributed by atoms with van der Waals surface area (Å²) in [5.74, 6) is -1.54. The number of halogens is 2. The van der Waals surface area contributed by atoms with Gasteiger partial charge in [0.05, 0.1) is 0 Å². The third-order valence-electron chi connectivity index (χ3n) is 3.76. The van der Waals surface area contributed by atoms with Gasteiger partial charge in [0.1, 0.15) is 0 Å². The highest BCUT2D eigenvalue weighted by molar-refractivity contribution is 5.65. The first kappa shape index (κ1) is 15.6. The molecule has 21 heavy (non-hydrogen) atoms. The van der Waals surface area contributed by atoms with Crippen LogP contribution >= 0.6 is 0 Å². The number of aryl methyl sites for hydroxylation is 1. The minimum absolute atomic E-state index is 0.295. The smallest absolute Gasteiger partial charge is 0.166 e. The van der Waals surface area contributed by atoms with Crippen molar-refractivity contribution < 1.29 is 8.78 Å². The largest absolute Gasteiger partial charge is 0.310 e. The van der Waals surface area contributed by atoms with Crippen LogP contribution in [0.3, 0.4) is 0 Å². The third-order valence-corrected chi connectivity index (χ3v) is 3.76. The Balaban J connectivity index is 2.33.